The molecule has 0 saturated carbocycles. The molecule has 5 aromatic rings. The number of imidazole rings is 2. The van der Waals surface area contributed by atoms with Crippen molar-refractivity contribution in [2.75, 3.05) is 0 Å². The summed E-state index contributed by atoms with van der Waals surface area (Å²) in [7, 11) is 0. The van der Waals surface area contributed by atoms with Gasteiger partial charge in [0.2, 0.25) is 0 Å². The van der Waals surface area contributed by atoms with E-state index in [1.807, 2.05) is 6.07 Å². The average molecular weight is 346 g/mol. The minimum atomic E-state index is -0.778. The van der Waals surface area contributed by atoms with Crippen LogP contribution in [0, 0.1) is 0 Å². The van der Waals surface area contributed by atoms with Crippen molar-refractivity contribution in [3.63, 3.8) is 0 Å². The van der Waals surface area contributed by atoms with Gasteiger partial charge in [0, 0.05) is 29.7 Å². The van der Waals surface area contributed by atoms with Crippen LogP contribution in [0.3, 0.4) is 0 Å². The Labute approximate surface area is 145 Å². The molecule has 0 aliphatic rings. The van der Waals surface area contributed by atoms with E-state index in [1.54, 1.807) is 59.8 Å². The number of nitrogens with one attached hydrogen (secondary N) is 1. The second-order valence-electron chi connectivity index (χ2n) is 5.81. The summed E-state index contributed by atoms with van der Waals surface area (Å²) in [5, 5.41) is 0.583. The molecule has 1 aromatic carbocycles. The molecule has 26 heavy (non-hydrogen) atoms. The summed E-state index contributed by atoms with van der Waals surface area (Å²) in [6.07, 6.45) is 6.61. The van der Waals surface area contributed by atoms with Gasteiger partial charge in [0.15, 0.2) is 5.65 Å². The zero-order chi connectivity index (χ0) is 17.7. The van der Waals surface area contributed by atoms with Crippen molar-refractivity contribution in [2.24, 2.45) is 0 Å². The minimum absolute atomic E-state index is 0.145. The Morgan fingerprint density at radius 1 is 1.12 bits per heavy atom. The molecule has 4 heterocycles. The van der Waals surface area contributed by atoms with Gasteiger partial charge in [-0.25, -0.2) is 15.0 Å². The third kappa shape index (κ3) is 2.12. The summed E-state index contributed by atoms with van der Waals surface area (Å²) >= 11 is 0. The van der Waals surface area contributed by atoms with Crippen LogP contribution in [0.4, 0.5) is 4.48 Å². The minimum Gasteiger partial charge on any atom is -0.322 e. The molecule has 0 unspecified atom stereocenters. The summed E-state index contributed by atoms with van der Waals surface area (Å²) in [6, 6.07) is 10.3. The zero-order valence-electron chi connectivity index (χ0n) is 13.3. The number of aromatic nitrogens is 6. The van der Waals surface area contributed by atoms with Crippen LogP contribution in [0.2, 0.25) is 0 Å². The maximum atomic E-state index is 14.7. The number of halogens is 1. The standard InChI is InChI=1S/C18H11FN6O/c19-25-15-9-12(24-7-6-20-10-24)4-3-11(15)8-13(18(25)26)16-22-14-2-1-5-21-17(14)23-16/h1-10H,(H,21,22,23). The van der Waals surface area contributed by atoms with Gasteiger partial charge in [0.25, 0.3) is 5.56 Å². The van der Waals surface area contributed by atoms with Gasteiger partial charge in [-0.3, -0.25) is 4.79 Å². The van der Waals surface area contributed by atoms with Crippen molar-refractivity contribution < 1.29 is 4.48 Å². The Bertz CT molecular complexity index is 1290. The largest absolute Gasteiger partial charge is 0.322 e. The van der Waals surface area contributed by atoms with Gasteiger partial charge in [-0.15, -0.1) is 4.79 Å². The second-order valence-corrected chi connectivity index (χ2v) is 5.81. The van der Waals surface area contributed by atoms with E-state index in [0.29, 0.717) is 22.2 Å². The summed E-state index contributed by atoms with van der Waals surface area (Å²) in [6.45, 7) is 0. The van der Waals surface area contributed by atoms with Crippen LogP contribution >= 0.6 is 0 Å². The van der Waals surface area contributed by atoms with Gasteiger partial charge < -0.3 is 9.55 Å². The van der Waals surface area contributed by atoms with Crippen LogP contribution in [-0.4, -0.2) is 29.3 Å². The predicted molar refractivity (Wildman–Crippen MR) is 94.7 cm³/mol. The molecule has 126 valence electrons. The first-order valence-corrected chi connectivity index (χ1v) is 7.86. The van der Waals surface area contributed by atoms with Crippen molar-refractivity contribution in [1.29, 1.82) is 0 Å². The number of hydrogen-bond donors (Lipinski definition) is 1. The third-order valence-corrected chi connectivity index (χ3v) is 4.25. The van der Waals surface area contributed by atoms with E-state index < -0.39 is 5.56 Å². The summed E-state index contributed by atoms with van der Waals surface area (Å²) in [5.41, 5.74) is 1.42. The van der Waals surface area contributed by atoms with Gasteiger partial charge in [0.05, 0.1) is 17.4 Å². The van der Waals surface area contributed by atoms with E-state index in [1.165, 1.54) is 0 Å². The molecule has 4 aromatic heterocycles. The van der Waals surface area contributed by atoms with Gasteiger partial charge in [-0.1, -0.05) is 10.5 Å². The molecule has 0 amide bonds. The van der Waals surface area contributed by atoms with Crippen LogP contribution in [0.25, 0.3) is 39.1 Å². The first kappa shape index (κ1) is 14.5. The Balaban J connectivity index is 1.73. The van der Waals surface area contributed by atoms with Gasteiger partial charge >= 0.3 is 0 Å². The SMILES string of the molecule is O=c1c(-c2nc3cccnc3[nH]2)cc2ccc(-n3ccnc3)cc2n1F. The van der Waals surface area contributed by atoms with Gasteiger partial charge in [-0.2, -0.15) is 0 Å². The van der Waals surface area contributed by atoms with Gasteiger partial charge in [-0.05, 0) is 30.3 Å². The molecule has 0 fully saturated rings. The fourth-order valence-corrected chi connectivity index (χ4v) is 2.97. The molecule has 5 rings (SSSR count). The molecule has 0 bridgehead atoms. The highest BCUT2D eigenvalue weighted by Crippen LogP contribution is 2.23. The number of rotatable bonds is 2. The fraction of sp³-hybridized carbons (Fsp3) is 0. The molecule has 1 N–H and O–H groups in total. The Kier molecular flexibility index (Phi) is 2.99. The Morgan fingerprint density at radius 2 is 2.04 bits per heavy atom. The molecule has 0 radical (unpaired) electrons. The molecule has 7 nitrogen and oxygen atoms in total. The quantitative estimate of drug-likeness (QED) is 0.533. The number of H-pyrrole nitrogens is 1. The van der Waals surface area contributed by atoms with Crippen LogP contribution in [0.15, 0.2) is 66.1 Å². The van der Waals surface area contributed by atoms with Crippen LogP contribution in [-0.2, 0) is 0 Å². The lowest BCUT2D eigenvalue weighted by Gasteiger charge is -2.07. The lowest BCUT2D eigenvalue weighted by molar-refractivity contribution is 0.372. The van der Waals surface area contributed by atoms with Crippen LogP contribution in [0.5, 0.6) is 0 Å². The smallest absolute Gasteiger partial charge is 0.290 e. The lowest BCUT2D eigenvalue weighted by Crippen LogP contribution is -2.17. The van der Waals surface area contributed by atoms with Crippen molar-refractivity contribution in [3.8, 4) is 17.1 Å². The summed E-state index contributed by atoms with van der Waals surface area (Å²) in [5.74, 6) is 0.288. The van der Waals surface area contributed by atoms with Crippen molar-refractivity contribution in [3.05, 3.63) is 71.7 Å². The molecule has 0 saturated heterocycles. The first-order valence-electron chi connectivity index (χ1n) is 7.86. The van der Waals surface area contributed by atoms with Gasteiger partial charge in [0.1, 0.15) is 11.3 Å². The summed E-state index contributed by atoms with van der Waals surface area (Å²) in [4.78, 5) is 28.1. The number of nitrogens with zero attached hydrogens (tertiary/aromatic N) is 5. The van der Waals surface area contributed by atoms with Crippen molar-refractivity contribution >= 4 is 22.1 Å². The van der Waals surface area contributed by atoms with Crippen molar-refractivity contribution in [1.82, 2.24) is 29.3 Å². The van der Waals surface area contributed by atoms with E-state index >= 15 is 0 Å². The Hall–Kier alpha value is -3.81. The predicted octanol–water partition coefficient (Wildman–Crippen LogP) is 2.86. The molecule has 8 heteroatoms. The molecular weight excluding hydrogens is 335 g/mol. The monoisotopic (exact) mass is 346 g/mol. The number of hydrogen-bond acceptors (Lipinski definition) is 4. The van der Waals surface area contributed by atoms with E-state index in [4.69, 9.17) is 0 Å². The maximum Gasteiger partial charge on any atom is 0.290 e. The second kappa shape index (κ2) is 5.35. The highest BCUT2D eigenvalue weighted by atomic mass is 19.2. The highest BCUT2D eigenvalue weighted by Gasteiger charge is 2.15. The molecular formula is C18H11FN6O. The van der Waals surface area contributed by atoms with Crippen LogP contribution in [0.1, 0.15) is 0 Å². The molecule has 0 aliphatic heterocycles. The number of aromatic amines is 1. The average Bonchev–Trinajstić information content (AvgIpc) is 3.33. The fourth-order valence-electron chi connectivity index (χ4n) is 2.97. The van der Waals surface area contributed by atoms with Crippen molar-refractivity contribution in [2.45, 2.75) is 0 Å². The molecule has 0 atom stereocenters. The molecule has 0 spiro atoms. The van der Waals surface area contributed by atoms with E-state index in [2.05, 4.69) is 19.9 Å². The maximum absolute atomic E-state index is 14.7. The van der Waals surface area contributed by atoms with Crippen LogP contribution < -0.4 is 5.56 Å². The van der Waals surface area contributed by atoms with E-state index in [-0.39, 0.29) is 21.7 Å². The van der Waals surface area contributed by atoms with E-state index in [9.17, 15) is 9.28 Å². The van der Waals surface area contributed by atoms with E-state index in [0.717, 1.165) is 0 Å². The number of fused-ring (bicyclic) bond motifs is 2. The number of benzene rings is 1. The zero-order valence-corrected chi connectivity index (χ0v) is 13.3. The number of pyridine rings is 2. The normalized spacial score (nSPS) is 11.4. The molecule has 0 aliphatic carbocycles. The lowest BCUT2D eigenvalue weighted by atomic mass is 10.1. The third-order valence-electron chi connectivity index (χ3n) is 4.25. The summed E-state index contributed by atoms with van der Waals surface area (Å²) < 4.78 is 16.5. The Morgan fingerprint density at radius 3 is 2.85 bits per heavy atom. The highest BCUT2D eigenvalue weighted by molar-refractivity contribution is 5.85. The first-order chi connectivity index (χ1) is 12.7. The topological polar surface area (TPSA) is 81.4 Å².